The normalized spacial score (nSPS) is 18.2. The molecule has 1 aromatic rings. The van der Waals surface area contributed by atoms with Gasteiger partial charge in [0.05, 0.1) is 10.6 Å². The Morgan fingerprint density at radius 1 is 1.32 bits per heavy atom. The van der Waals surface area contributed by atoms with Crippen molar-refractivity contribution in [3.63, 3.8) is 0 Å². The number of carbonyl (C=O) groups is 2. The van der Waals surface area contributed by atoms with Crippen molar-refractivity contribution in [2.24, 2.45) is 0 Å². The minimum atomic E-state index is -0.518. The van der Waals surface area contributed by atoms with Crippen molar-refractivity contribution >= 4 is 23.6 Å². The highest BCUT2D eigenvalue weighted by molar-refractivity contribution is 6.33. The summed E-state index contributed by atoms with van der Waals surface area (Å²) in [7, 11) is 0. The predicted octanol–water partition coefficient (Wildman–Crippen LogP) is 3.08. The van der Waals surface area contributed by atoms with E-state index in [2.05, 4.69) is 5.32 Å². The number of benzene rings is 1. The van der Waals surface area contributed by atoms with Crippen molar-refractivity contribution < 1.29 is 14.3 Å². The summed E-state index contributed by atoms with van der Waals surface area (Å²) in [5, 5.41) is 3.33. The van der Waals surface area contributed by atoms with Crippen LogP contribution in [-0.2, 0) is 4.74 Å². The lowest BCUT2D eigenvalue weighted by atomic mass is 10.2. The van der Waals surface area contributed by atoms with Gasteiger partial charge in [0.1, 0.15) is 5.60 Å². The van der Waals surface area contributed by atoms with Gasteiger partial charge in [0.25, 0.3) is 5.91 Å². The summed E-state index contributed by atoms with van der Waals surface area (Å²) in [6.07, 6.45) is 0.358. The summed E-state index contributed by atoms with van der Waals surface area (Å²) in [5.74, 6) is -0.221. The lowest BCUT2D eigenvalue weighted by Gasteiger charge is -2.24. The Bertz CT molecular complexity index is 569. The molecule has 1 heterocycles. The van der Waals surface area contributed by atoms with Gasteiger partial charge >= 0.3 is 6.09 Å². The fourth-order valence-electron chi connectivity index (χ4n) is 2.28. The van der Waals surface area contributed by atoms with Crippen molar-refractivity contribution in [1.29, 1.82) is 0 Å². The third kappa shape index (κ3) is 4.37. The SMILES string of the molecule is CC(C)(C)OC(=O)N1CC[C@H](NC(=O)c2ccccc2Cl)C1. The molecule has 1 saturated heterocycles. The van der Waals surface area contributed by atoms with E-state index in [0.29, 0.717) is 30.1 Å². The van der Waals surface area contributed by atoms with Crippen molar-refractivity contribution in [2.45, 2.75) is 38.8 Å². The zero-order valence-electron chi connectivity index (χ0n) is 13.1. The average molecular weight is 325 g/mol. The summed E-state index contributed by atoms with van der Waals surface area (Å²) in [6.45, 7) is 6.51. The van der Waals surface area contributed by atoms with Crippen LogP contribution >= 0.6 is 11.6 Å². The van der Waals surface area contributed by atoms with Crippen LogP contribution < -0.4 is 5.32 Å². The number of hydrogen-bond donors (Lipinski definition) is 1. The Morgan fingerprint density at radius 3 is 2.64 bits per heavy atom. The number of carbonyl (C=O) groups excluding carboxylic acids is 2. The van der Waals surface area contributed by atoms with Crippen LogP contribution in [0.2, 0.25) is 5.02 Å². The minimum Gasteiger partial charge on any atom is -0.444 e. The van der Waals surface area contributed by atoms with Gasteiger partial charge in [-0.05, 0) is 39.3 Å². The predicted molar refractivity (Wildman–Crippen MR) is 85.1 cm³/mol. The zero-order valence-corrected chi connectivity index (χ0v) is 13.8. The molecule has 5 nitrogen and oxygen atoms in total. The summed E-state index contributed by atoms with van der Waals surface area (Å²) < 4.78 is 5.33. The van der Waals surface area contributed by atoms with Gasteiger partial charge in [0.15, 0.2) is 0 Å². The molecule has 0 saturated carbocycles. The molecule has 2 rings (SSSR count). The van der Waals surface area contributed by atoms with Crippen molar-refractivity contribution in [3.8, 4) is 0 Å². The maximum Gasteiger partial charge on any atom is 0.410 e. The average Bonchev–Trinajstić information content (AvgIpc) is 2.85. The first-order valence-corrected chi connectivity index (χ1v) is 7.67. The van der Waals surface area contributed by atoms with E-state index in [1.165, 1.54) is 0 Å². The molecular formula is C16H21ClN2O3. The first kappa shape index (κ1) is 16.6. The molecular weight excluding hydrogens is 304 g/mol. The number of hydrogen-bond acceptors (Lipinski definition) is 3. The second kappa shape index (κ2) is 6.57. The van der Waals surface area contributed by atoms with Gasteiger partial charge in [0.2, 0.25) is 0 Å². The number of amides is 2. The monoisotopic (exact) mass is 324 g/mol. The zero-order chi connectivity index (χ0) is 16.3. The number of nitrogens with one attached hydrogen (secondary N) is 1. The smallest absolute Gasteiger partial charge is 0.410 e. The Balaban J connectivity index is 1.90. The Kier molecular flexibility index (Phi) is 4.96. The van der Waals surface area contributed by atoms with Gasteiger partial charge < -0.3 is 15.0 Å². The van der Waals surface area contributed by atoms with Crippen LogP contribution in [0.15, 0.2) is 24.3 Å². The quantitative estimate of drug-likeness (QED) is 0.909. The summed E-state index contributed by atoms with van der Waals surface area (Å²) in [5.41, 5.74) is -0.0735. The van der Waals surface area contributed by atoms with E-state index in [9.17, 15) is 9.59 Å². The van der Waals surface area contributed by atoms with E-state index in [0.717, 1.165) is 0 Å². The summed E-state index contributed by atoms with van der Waals surface area (Å²) in [4.78, 5) is 25.8. The molecule has 2 amide bonds. The number of rotatable bonds is 2. The number of ether oxygens (including phenoxy) is 1. The van der Waals surface area contributed by atoms with Crippen molar-refractivity contribution in [1.82, 2.24) is 10.2 Å². The van der Waals surface area contributed by atoms with E-state index in [1.54, 1.807) is 29.2 Å². The van der Waals surface area contributed by atoms with Gasteiger partial charge in [-0.25, -0.2) is 4.79 Å². The van der Waals surface area contributed by atoms with Gasteiger partial charge in [-0.15, -0.1) is 0 Å². The van der Waals surface area contributed by atoms with Crippen molar-refractivity contribution in [3.05, 3.63) is 34.9 Å². The van der Waals surface area contributed by atoms with Crippen LogP contribution in [0.1, 0.15) is 37.6 Å². The van der Waals surface area contributed by atoms with E-state index in [4.69, 9.17) is 16.3 Å². The Labute approximate surface area is 135 Å². The summed E-state index contributed by atoms with van der Waals surface area (Å²) in [6, 6.07) is 6.81. The highest BCUT2D eigenvalue weighted by Crippen LogP contribution is 2.18. The van der Waals surface area contributed by atoms with E-state index < -0.39 is 5.60 Å². The molecule has 0 spiro atoms. The first-order chi connectivity index (χ1) is 10.3. The molecule has 22 heavy (non-hydrogen) atoms. The van der Waals surface area contributed by atoms with E-state index >= 15 is 0 Å². The fraction of sp³-hybridized carbons (Fsp3) is 0.500. The van der Waals surface area contributed by atoms with E-state index in [-0.39, 0.29) is 18.0 Å². The third-order valence-electron chi connectivity index (χ3n) is 3.29. The molecule has 120 valence electrons. The molecule has 1 fully saturated rings. The Hall–Kier alpha value is -1.75. The molecule has 1 N–H and O–H groups in total. The first-order valence-electron chi connectivity index (χ1n) is 7.29. The molecule has 1 aromatic carbocycles. The topological polar surface area (TPSA) is 58.6 Å². The minimum absolute atomic E-state index is 0.0868. The van der Waals surface area contributed by atoms with Gasteiger partial charge in [-0.1, -0.05) is 23.7 Å². The van der Waals surface area contributed by atoms with Crippen LogP contribution in [-0.4, -0.2) is 41.6 Å². The highest BCUT2D eigenvalue weighted by atomic mass is 35.5. The largest absolute Gasteiger partial charge is 0.444 e. The maximum atomic E-state index is 12.2. The molecule has 1 atom stereocenters. The van der Waals surface area contributed by atoms with Gasteiger partial charge in [-0.2, -0.15) is 0 Å². The standard InChI is InChI=1S/C16H21ClN2O3/c1-16(2,3)22-15(21)19-9-8-11(10-19)18-14(20)12-6-4-5-7-13(12)17/h4-7,11H,8-10H2,1-3H3,(H,18,20)/t11-/m0/s1. The molecule has 0 aromatic heterocycles. The molecule has 1 aliphatic rings. The number of likely N-dealkylation sites (tertiary alicyclic amines) is 1. The second-order valence-electron chi connectivity index (χ2n) is 6.37. The van der Waals surface area contributed by atoms with Crippen LogP contribution in [0.5, 0.6) is 0 Å². The second-order valence-corrected chi connectivity index (χ2v) is 6.77. The molecule has 0 bridgehead atoms. The Morgan fingerprint density at radius 2 is 2.00 bits per heavy atom. The third-order valence-corrected chi connectivity index (χ3v) is 3.62. The fourth-order valence-corrected chi connectivity index (χ4v) is 2.50. The summed E-state index contributed by atoms with van der Waals surface area (Å²) >= 11 is 6.01. The number of nitrogens with zero attached hydrogens (tertiary/aromatic N) is 1. The molecule has 6 heteroatoms. The van der Waals surface area contributed by atoms with Crippen LogP contribution in [0.25, 0.3) is 0 Å². The van der Waals surface area contributed by atoms with Gasteiger partial charge in [0, 0.05) is 19.1 Å². The molecule has 0 radical (unpaired) electrons. The highest BCUT2D eigenvalue weighted by Gasteiger charge is 2.30. The molecule has 1 aliphatic heterocycles. The van der Waals surface area contributed by atoms with E-state index in [1.807, 2.05) is 20.8 Å². The molecule has 0 aliphatic carbocycles. The van der Waals surface area contributed by atoms with Crippen LogP contribution in [0.4, 0.5) is 4.79 Å². The lowest BCUT2D eigenvalue weighted by molar-refractivity contribution is 0.0290. The lowest BCUT2D eigenvalue weighted by Crippen LogP contribution is -2.40. The molecule has 0 unspecified atom stereocenters. The van der Waals surface area contributed by atoms with Crippen LogP contribution in [0.3, 0.4) is 0 Å². The maximum absolute atomic E-state index is 12.2. The van der Waals surface area contributed by atoms with Gasteiger partial charge in [-0.3, -0.25) is 4.79 Å². The van der Waals surface area contributed by atoms with Crippen molar-refractivity contribution in [2.75, 3.05) is 13.1 Å². The number of halogens is 1. The van der Waals surface area contributed by atoms with Crippen LogP contribution in [0, 0.1) is 0 Å².